The molecular weight excluding hydrogens is 458 g/mol. The molecule has 1 fully saturated rings. The maximum atomic E-state index is 13.7. The Kier molecular flexibility index (Phi) is 7.35. The predicted molar refractivity (Wildman–Crippen MR) is 142 cm³/mol. The first-order valence-corrected chi connectivity index (χ1v) is 13.4. The molecule has 2 aliphatic heterocycles. The average molecular weight is 494 g/mol. The molecule has 186 valence electrons. The minimum absolute atomic E-state index is 0.0382. The van der Waals surface area contributed by atoms with Crippen molar-refractivity contribution >= 4 is 28.4 Å². The van der Waals surface area contributed by atoms with Gasteiger partial charge in [0.1, 0.15) is 5.75 Å². The van der Waals surface area contributed by atoms with Crippen LogP contribution in [0, 0.1) is 11.8 Å². The molecule has 2 aliphatic rings. The van der Waals surface area contributed by atoms with Gasteiger partial charge < -0.3 is 14.6 Å². The Hall–Kier alpha value is -2.50. The first-order chi connectivity index (χ1) is 17.0. The summed E-state index contributed by atoms with van der Waals surface area (Å²) in [6.07, 6.45) is 6.04. The van der Waals surface area contributed by atoms with E-state index in [-0.39, 0.29) is 11.8 Å². The molecule has 0 spiro atoms. The molecular formula is C29H36ClN3O2. The third-order valence-electron chi connectivity index (χ3n) is 7.23. The van der Waals surface area contributed by atoms with Crippen molar-refractivity contribution in [3.8, 4) is 5.75 Å². The van der Waals surface area contributed by atoms with Gasteiger partial charge in [-0.3, -0.25) is 9.69 Å². The quantitative estimate of drug-likeness (QED) is 0.436. The van der Waals surface area contributed by atoms with E-state index in [4.69, 9.17) is 16.3 Å². The lowest BCUT2D eigenvalue weighted by atomic mass is 10.0. The highest BCUT2D eigenvalue weighted by atomic mass is 35.5. The Morgan fingerprint density at radius 3 is 3.00 bits per heavy atom. The third-order valence-corrected chi connectivity index (χ3v) is 7.51. The summed E-state index contributed by atoms with van der Waals surface area (Å²) in [5, 5.41) is 1.91. The molecule has 2 aromatic carbocycles. The Morgan fingerprint density at radius 2 is 2.14 bits per heavy atom. The number of carbonyl (C=O) groups excluding carboxylic acids is 1. The Bertz CT molecular complexity index is 1190. The highest BCUT2D eigenvalue weighted by molar-refractivity contribution is 6.32. The van der Waals surface area contributed by atoms with Crippen molar-refractivity contribution in [1.82, 2.24) is 14.8 Å². The lowest BCUT2D eigenvalue weighted by Gasteiger charge is -2.28. The molecule has 0 radical (unpaired) electrons. The maximum absolute atomic E-state index is 13.7. The van der Waals surface area contributed by atoms with Crippen LogP contribution in [-0.4, -0.2) is 46.9 Å². The van der Waals surface area contributed by atoms with E-state index in [0.717, 1.165) is 69.8 Å². The Labute approximate surface area is 213 Å². The zero-order chi connectivity index (χ0) is 24.4. The number of nitrogens with one attached hydrogen (secondary N) is 1. The summed E-state index contributed by atoms with van der Waals surface area (Å²) in [4.78, 5) is 21.6. The molecule has 1 saturated heterocycles. The van der Waals surface area contributed by atoms with Crippen molar-refractivity contribution < 1.29 is 9.53 Å². The molecule has 0 aliphatic carbocycles. The van der Waals surface area contributed by atoms with Crippen LogP contribution in [0.1, 0.15) is 49.8 Å². The van der Waals surface area contributed by atoms with Crippen molar-refractivity contribution in [2.24, 2.45) is 11.8 Å². The van der Waals surface area contributed by atoms with Gasteiger partial charge in [-0.25, -0.2) is 0 Å². The summed E-state index contributed by atoms with van der Waals surface area (Å²) in [6, 6.07) is 12.7. The standard InChI is InChI=1S/C29H36ClN3O2/c1-20(2)16-33(17-21-14-23-6-3-4-13-35-28(23)26(30)15-21)29(34)25-10-12-32(19-25)18-24-8-5-7-22-9-11-31-27(22)24/h5,7-9,11,14-15,20,25,31H,3-4,6,10,12-13,16-19H2,1-2H3/t25-/m1/s1. The molecule has 6 heteroatoms. The van der Waals surface area contributed by atoms with Gasteiger partial charge >= 0.3 is 0 Å². The van der Waals surface area contributed by atoms with Crippen LogP contribution in [-0.2, 0) is 24.3 Å². The summed E-state index contributed by atoms with van der Waals surface area (Å²) in [5.74, 6) is 1.54. The highest BCUT2D eigenvalue weighted by Gasteiger charge is 2.32. The number of hydrogen-bond donors (Lipinski definition) is 1. The van der Waals surface area contributed by atoms with Crippen LogP contribution in [0.5, 0.6) is 5.75 Å². The molecule has 5 nitrogen and oxygen atoms in total. The second-order valence-corrected chi connectivity index (χ2v) is 11.0. The van der Waals surface area contributed by atoms with E-state index in [2.05, 4.69) is 59.0 Å². The zero-order valence-electron chi connectivity index (χ0n) is 20.9. The number of para-hydroxylation sites is 1. The lowest BCUT2D eigenvalue weighted by molar-refractivity contribution is -0.136. The van der Waals surface area contributed by atoms with E-state index in [1.165, 1.54) is 22.0 Å². The molecule has 3 heterocycles. The Balaban J connectivity index is 1.28. The predicted octanol–water partition coefficient (Wildman–Crippen LogP) is 6.04. The van der Waals surface area contributed by atoms with Gasteiger partial charge in [0.15, 0.2) is 0 Å². The number of nitrogens with zero attached hydrogens (tertiary/aromatic N) is 2. The van der Waals surface area contributed by atoms with E-state index in [0.29, 0.717) is 17.5 Å². The minimum Gasteiger partial charge on any atom is -0.492 e. The SMILES string of the molecule is CC(C)CN(Cc1cc(Cl)c2c(c1)CCCCO2)C(=O)[C@@H]1CCN(Cc2cccc3cc[nH]c23)C1. The number of aryl methyl sites for hydroxylation is 1. The van der Waals surface area contributed by atoms with Crippen LogP contribution >= 0.6 is 11.6 Å². The van der Waals surface area contributed by atoms with Crippen molar-refractivity contribution in [1.29, 1.82) is 0 Å². The monoisotopic (exact) mass is 493 g/mol. The fourth-order valence-corrected chi connectivity index (χ4v) is 5.91. The van der Waals surface area contributed by atoms with E-state index in [9.17, 15) is 4.79 Å². The molecule has 1 atom stereocenters. The number of ether oxygens (including phenoxy) is 1. The number of aromatic amines is 1. The molecule has 1 N–H and O–H groups in total. The number of fused-ring (bicyclic) bond motifs is 2. The largest absolute Gasteiger partial charge is 0.492 e. The smallest absolute Gasteiger partial charge is 0.227 e. The molecule has 1 aromatic heterocycles. The van der Waals surface area contributed by atoms with Crippen molar-refractivity contribution in [3.05, 3.63) is 64.3 Å². The second kappa shape index (κ2) is 10.6. The molecule has 0 saturated carbocycles. The van der Waals surface area contributed by atoms with Crippen LogP contribution in [0.4, 0.5) is 0 Å². The average Bonchev–Trinajstić information content (AvgIpc) is 3.43. The number of halogens is 1. The van der Waals surface area contributed by atoms with Gasteiger partial charge in [0.25, 0.3) is 0 Å². The zero-order valence-corrected chi connectivity index (χ0v) is 21.6. The number of amides is 1. The number of benzene rings is 2. The van der Waals surface area contributed by atoms with Crippen LogP contribution < -0.4 is 4.74 Å². The van der Waals surface area contributed by atoms with Crippen molar-refractivity contribution in [2.45, 2.75) is 52.6 Å². The number of H-pyrrole nitrogens is 1. The number of aromatic nitrogens is 1. The second-order valence-electron chi connectivity index (χ2n) is 10.6. The summed E-state index contributed by atoms with van der Waals surface area (Å²) in [6.45, 7) is 9.05. The van der Waals surface area contributed by atoms with Crippen molar-refractivity contribution in [3.63, 3.8) is 0 Å². The molecule has 1 amide bonds. The lowest BCUT2D eigenvalue weighted by Crippen LogP contribution is -2.39. The fourth-order valence-electron chi connectivity index (χ4n) is 5.60. The number of rotatable bonds is 7. The summed E-state index contributed by atoms with van der Waals surface area (Å²) >= 11 is 6.61. The van der Waals surface area contributed by atoms with E-state index in [1.807, 2.05) is 12.3 Å². The summed E-state index contributed by atoms with van der Waals surface area (Å²) in [7, 11) is 0. The first-order valence-electron chi connectivity index (χ1n) is 13.0. The fraction of sp³-hybridized carbons (Fsp3) is 0.483. The van der Waals surface area contributed by atoms with Gasteiger partial charge in [-0.2, -0.15) is 0 Å². The highest BCUT2D eigenvalue weighted by Crippen LogP contribution is 2.34. The van der Waals surface area contributed by atoms with Gasteiger partial charge in [-0.1, -0.05) is 49.7 Å². The van der Waals surface area contributed by atoms with Crippen molar-refractivity contribution in [2.75, 3.05) is 26.2 Å². The van der Waals surface area contributed by atoms with E-state index >= 15 is 0 Å². The molecule has 0 unspecified atom stereocenters. The van der Waals surface area contributed by atoms with Crippen LogP contribution in [0.3, 0.4) is 0 Å². The summed E-state index contributed by atoms with van der Waals surface area (Å²) in [5.41, 5.74) is 4.77. The minimum atomic E-state index is 0.0382. The maximum Gasteiger partial charge on any atom is 0.227 e. The van der Waals surface area contributed by atoms with E-state index < -0.39 is 0 Å². The molecule has 3 aromatic rings. The molecule has 5 rings (SSSR count). The van der Waals surface area contributed by atoms with Crippen LogP contribution in [0.25, 0.3) is 10.9 Å². The first kappa shape index (κ1) is 24.2. The number of carbonyl (C=O) groups is 1. The number of hydrogen-bond acceptors (Lipinski definition) is 3. The third kappa shape index (κ3) is 5.52. The number of likely N-dealkylation sites (tertiary alicyclic amines) is 1. The molecule has 0 bridgehead atoms. The van der Waals surface area contributed by atoms with Gasteiger partial charge in [0.05, 0.1) is 17.5 Å². The van der Waals surface area contributed by atoms with Crippen LogP contribution in [0.2, 0.25) is 5.02 Å². The van der Waals surface area contributed by atoms with E-state index in [1.54, 1.807) is 0 Å². The Morgan fingerprint density at radius 1 is 1.26 bits per heavy atom. The summed E-state index contributed by atoms with van der Waals surface area (Å²) < 4.78 is 5.89. The normalized spacial score (nSPS) is 18.5. The topological polar surface area (TPSA) is 48.6 Å². The molecule has 35 heavy (non-hydrogen) atoms. The van der Waals surface area contributed by atoms with Crippen LogP contribution in [0.15, 0.2) is 42.6 Å². The van der Waals surface area contributed by atoms with Gasteiger partial charge in [-0.15, -0.1) is 0 Å². The van der Waals surface area contributed by atoms with Gasteiger partial charge in [-0.05, 0) is 72.4 Å². The van der Waals surface area contributed by atoms with Gasteiger partial charge in [0, 0.05) is 37.9 Å². The van der Waals surface area contributed by atoms with Gasteiger partial charge in [0.2, 0.25) is 5.91 Å².